The minimum atomic E-state index is -0.859. The van der Waals surface area contributed by atoms with E-state index in [1.165, 1.54) is 0 Å². The molecular weight excluding hydrogens is 278 g/mol. The summed E-state index contributed by atoms with van der Waals surface area (Å²) in [7, 11) is 0. The number of benzene rings is 2. The number of rotatable bonds is 3. The maximum atomic E-state index is 12.5. The molecule has 112 valence electrons. The number of carboxylic acid groups (broad SMARTS) is 1. The molecule has 1 heterocycles. The first-order valence-corrected chi connectivity index (χ1v) is 7.33. The lowest BCUT2D eigenvalue weighted by Gasteiger charge is -2.39. The lowest BCUT2D eigenvalue weighted by Crippen LogP contribution is -2.45. The van der Waals surface area contributed by atoms with Gasteiger partial charge in [0.15, 0.2) is 0 Å². The maximum absolute atomic E-state index is 12.5. The van der Waals surface area contributed by atoms with Gasteiger partial charge in [0, 0.05) is 12.1 Å². The van der Waals surface area contributed by atoms with Crippen molar-refractivity contribution < 1.29 is 14.7 Å². The standard InChI is InChI=1S/C18H17NO3/c20-16-12-11-15(18(21)22)17(13-7-3-1-4-8-13)19(16)14-9-5-2-6-10-14/h1-10,15,17H,11-12H2,(H,21,22). The average molecular weight is 295 g/mol. The molecule has 4 nitrogen and oxygen atoms in total. The number of anilines is 1. The Labute approximate surface area is 129 Å². The van der Waals surface area contributed by atoms with E-state index in [1.54, 1.807) is 4.90 Å². The largest absolute Gasteiger partial charge is 0.481 e. The summed E-state index contributed by atoms with van der Waals surface area (Å²) in [4.78, 5) is 25.8. The van der Waals surface area contributed by atoms with Gasteiger partial charge < -0.3 is 10.0 Å². The molecule has 0 aromatic heterocycles. The van der Waals surface area contributed by atoms with Crippen LogP contribution >= 0.6 is 0 Å². The van der Waals surface area contributed by atoms with E-state index in [0.717, 1.165) is 11.3 Å². The molecule has 1 N–H and O–H groups in total. The van der Waals surface area contributed by atoms with Crippen molar-refractivity contribution in [1.82, 2.24) is 0 Å². The molecule has 0 saturated carbocycles. The van der Waals surface area contributed by atoms with Crippen LogP contribution in [0, 0.1) is 5.92 Å². The fourth-order valence-corrected chi connectivity index (χ4v) is 3.08. The zero-order valence-electron chi connectivity index (χ0n) is 12.1. The Morgan fingerprint density at radius 1 is 1.00 bits per heavy atom. The summed E-state index contributed by atoms with van der Waals surface area (Å²) in [5.41, 5.74) is 1.60. The summed E-state index contributed by atoms with van der Waals surface area (Å²) in [6.07, 6.45) is 0.631. The van der Waals surface area contributed by atoms with Crippen molar-refractivity contribution in [2.75, 3.05) is 4.90 Å². The molecule has 1 fully saturated rings. The third-order valence-electron chi connectivity index (χ3n) is 4.09. The molecule has 1 amide bonds. The summed E-state index contributed by atoms with van der Waals surface area (Å²) in [6, 6.07) is 18.2. The molecule has 2 aromatic carbocycles. The lowest BCUT2D eigenvalue weighted by molar-refractivity contribution is -0.144. The second kappa shape index (κ2) is 6.02. The van der Waals surface area contributed by atoms with E-state index in [-0.39, 0.29) is 12.3 Å². The number of amides is 1. The molecule has 22 heavy (non-hydrogen) atoms. The predicted octanol–water partition coefficient (Wildman–Crippen LogP) is 3.26. The molecule has 0 bridgehead atoms. The minimum Gasteiger partial charge on any atom is -0.481 e. The summed E-state index contributed by atoms with van der Waals surface area (Å²) >= 11 is 0. The summed E-state index contributed by atoms with van der Waals surface area (Å²) in [6.45, 7) is 0. The molecule has 0 radical (unpaired) electrons. The number of piperidine rings is 1. The molecule has 1 aliphatic heterocycles. The Morgan fingerprint density at radius 3 is 2.18 bits per heavy atom. The molecule has 1 aliphatic rings. The Bertz CT molecular complexity index is 669. The van der Waals surface area contributed by atoms with Crippen molar-refractivity contribution in [2.24, 2.45) is 5.92 Å². The SMILES string of the molecule is O=C(O)C1CCC(=O)N(c2ccccc2)C1c1ccccc1. The highest BCUT2D eigenvalue weighted by Crippen LogP contribution is 2.39. The van der Waals surface area contributed by atoms with Gasteiger partial charge in [-0.15, -0.1) is 0 Å². The van der Waals surface area contributed by atoms with Crippen LogP contribution in [0.5, 0.6) is 0 Å². The van der Waals surface area contributed by atoms with Crippen molar-refractivity contribution >= 4 is 17.6 Å². The molecule has 2 atom stereocenters. The van der Waals surface area contributed by atoms with E-state index in [0.29, 0.717) is 6.42 Å². The van der Waals surface area contributed by atoms with E-state index >= 15 is 0 Å². The average Bonchev–Trinajstić information content (AvgIpc) is 2.56. The van der Waals surface area contributed by atoms with Crippen LogP contribution in [0.1, 0.15) is 24.4 Å². The number of carbonyl (C=O) groups excluding carboxylic acids is 1. The van der Waals surface area contributed by atoms with Gasteiger partial charge >= 0.3 is 5.97 Å². The normalized spacial score (nSPS) is 21.6. The molecule has 0 spiro atoms. The first-order valence-electron chi connectivity index (χ1n) is 7.33. The van der Waals surface area contributed by atoms with Crippen molar-refractivity contribution in [3.8, 4) is 0 Å². The highest BCUT2D eigenvalue weighted by molar-refractivity contribution is 5.96. The van der Waals surface area contributed by atoms with Gasteiger partial charge in [0.05, 0.1) is 12.0 Å². The fraction of sp³-hybridized carbons (Fsp3) is 0.222. The summed E-state index contributed by atoms with van der Waals surface area (Å²) < 4.78 is 0. The second-order valence-electron chi connectivity index (χ2n) is 5.44. The van der Waals surface area contributed by atoms with Crippen LogP contribution in [0.25, 0.3) is 0 Å². The summed E-state index contributed by atoms with van der Waals surface area (Å²) in [5, 5.41) is 9.58. The van der Waals surface area contributed by atoms with Crippen LogP contribution in [0.2, 0.25) is 0 Å². The van der Waals surface area contributed by atoms with E-state index in [2.05, 4.69) is 0 Å². The zero-order chi connectivity index (χ0) is 15.5. The molecule has 2 aromatic rings. The molecule has 4 heteroatoms. The van der Waals surface area contributed by atoms with Crippen LogP contribution in [-0.2, 0) is 9.59 Å². The number of para-hydroxylation sites is 1. The number of aliphatic carboxylic acids is 1. The van der Waals surface area contributed by atoms with Crippen LogP contribution in [0.15, 0.2) is 60.7 Å². The van der Waals surface area contributed by atoms with Crippen LogP contribution in [0.4, 0.5) is 5.69 Å². The highest BCUT2D eigenvalue weighted by Gasteiger charge is 2.41. The first kappa shape index (κ1) is 14.3. The fourth-order valence-electron chi connectivity index (χ4n) is 3.08. The Kier molecular flexibility index (Phi) is 3.92. The molecular formula is C18H17NO3. The highest BCUT2D eigenvalue weighted by atomic mass is 16.4. The molecule has 3 rings (SSSR count). The minimum absolute atomic E-state index is 0.0300. The van der Waals surface area contributed by atoms with E-state index < -0.39 is 17.9 Å². The first-order chi connectivity index (χ1) is 10.7. The smallest absolute Gasteiger partial charge is 0.308 e. The van der Waals surface area contributed by atoms with Crippen LogP contribution in [-0.4, -0.2) is 17.0 Å². The van der Waals surface area contributed by atoms with E-state index in [9.17, 15) is 14.7 Å². The van der Waals surface area contributed by atoms with Crippen molar-refractivity contribution in [1.29, 1.82) is 0 Å². The Hall–Kier alpha value is -2.62. The number of carboxylic acids is 1. The lowest BCUT2D eigenvalue weighted by atomic mass is 9.84. The number of hydrogen-bond acceptors (Lipinski definition) is 2. The third kappa shape index (κ3) is 2.60. The van der Waals surface area contributed by atoms with Gasteiger partial charge in [-0.1, -0.05) is 48.5 Å². The Morgan fingerprint density at radius 2 is 1.59 bits per heavy atom. The quantitative estimate of drug-likeness (QED) is 0.945. The number of hydrogen-bond donors (Lipinski definition) is 1. The molecule has 2 unspecified atom stereocenters. The van der Waals surface area contributed by atoms with Gasteiger partial charge in [-0.2, -0.15) is 0 Å². The molecule has 0 aliphatic carbocycles. The van der Waals surface area contributed by atoms with Gasteiger partial charge in [-0.3, -0.25) is 9.59 Å². The van der Waals surface area contributed by atoms with Gasteiger partial charge in [0.25, 0.3) is 0 Å². The predicted molar refractivity (Wildman–Crippen MR) is 83.5 cm³/mol. The van der Waals surface area contributed by atoms with E-state index in [1.807, 2.05) is 60.7 Å². The van der Waals surface area contributed by atoms with Crippen molar-refractivity contribution in [2.45, 2.75) is 18.9 Å². The topological polar surface area (TPSA) is 57.6 Å². The molecule has 1 saturated heterocycles. The number of nitrogens with zero attached hydrogens (tertiary/aromatic N) is 1. The summed E-state index contributed by atoms with van der Waals surface area (Å²) in [5.74, 6) is -1.49. The van der Waals surface area contributed by atoms with Gasteiger partial charge in [0.2, 0.25) is 5.91 Å². The second-order valence-corrected chi connectivity index (χ2v) is 5.44. The van der Waals surface area contributed by atoms with Crippen molar-refractivity contribution in [3.05, 3.63) is 66.2 Å². The van der Waals surface area contributed by atoms with Crippen LogP contribution < -0.4 is 4.90 Å². The zero-order valence-corrected chi connectivity index (χ0v) is 12.1. The van der Waals surface area contributed by atoms with Gasteiger partial charge in [-0.05, 0) is 24.1 Å². The Balaban J connectivity index is 2.10. The monoisotopic (exact) mass is 295 g/mol. The number of carbonyl (C=O) groups is 2. The maximum Gasteiger partial charge on any atom is 0.308 e. The van der Waals surface area contributed by atoms with Gasteiger partial charge in [0.1, 0.15) is 0 Å². The van der Waals surface area contributed by atoms with Crippen LogP contribution in [0.3, 0.4) is 0 Å². The third-order valence-corrected chi connectivity index (χ3v) is 4.09. The van der Waals surface area contributed by atoms with Crippen molar-refractivity contribution in [3.63, 3.8) is 0 Å². The van der Waals surface area contributed by atoms with E-state index in [4.69, 9.17) is 0 Å². The van der Waals surface area contributed by atoms with Gasteiger partial charge in [-0.25, -0.2) is 0 Å².